The van der Waals surface area contributed by atoms with Crippen LogP contribution >= 0.6 is 11.3 Å². The van der Waals surface area contributed by atoms with Crippen molar-refractivity contribution < 1.29 is 9.53 Å². The highest BCUT2D eigenvalue weighted by Crippen LogP contribution is 2.24. The van der Waals surface area contributed by atoms with Crippen LogP contribution in [-0.2, 0) is 13.1 Å². The predicted octanol–water partition coefficient (Wildman–Crippen LogP) is 6.77. The lowest BCUT2D eigenvalue weighted by Gasteiger charge is -2.32. The molecule has 1 aromatic heterocycles. The van der Waals surface area contributed by atoms with Crippen molar-refractivity contribution in [1.29, 1.82) is 0 Å². The Hall–Kier alpha value is -3.15. The minimum atomic E-state index is 0.162. The summed E-state index contributed by atoms with van der Waals surface area (Å²) < 4.78 is 6.14. The molecule has 0 radical (unpaired) electrons. The van der Waals surface area contributed by atoms with E-state index in [1.54, 1.807) is 11.3 Å². The minimum Gasteiger partial charge on any atom is -0.493 e. The van der Waals surface area contributed by atoms with E-state index in [2.05, 4.69) is 78.7 Å². The van der Waals surface area contributed by atoms with Crippen LogP contribution in [-0.4, -0.2) is 42.5 Å². The maximum atomic E-state index is 12.8. The summed E-state index contributed by atoms with van der Waals surface area (Å²) in [5, 5.41) is 2.61. The summed E-state index contributed by atoms with van der Waals surface area (Å²) >= 11 is 1.58. The molecule has 36 heavy (non-hydrogen) atoms. The Bertz CT molecular complexity index is 1310. The molecule has 4 aromatic rings. The fraction of sp³-hybridized carbons (Fsp3) is 0.323. The Morgan fingerprint density at radius 3 is 2.61 bits per heavy atom. The molecule has 3 aromatic carbocycles. The third-order valence-electron chi connectivity index (χ3n) is 6.94. The van der Waals surface area contributed by atoms with Crippen molar-refractivity contribution >= 4 is 28.0 Å². The highest BCUT2D eigenvalue weighted by molar-refractivity contribution is 7.13. The summed E-state index contributed by atoms with van der Waals surface area (Å²) in [5.41, 5.74) is 2.62. The van der Waals surface area contributed by atoms with Gasteiger partial charge in [-0.15, -0.1) is 11.3 Å². The summed E-state index contributed by atoms with van der Waals surface area (Å²) in [6, 6.07) is 27.5. The number of hydrogen-bond acceptors (Lipinski definition) is 4. The number of carbonyl (C=O) groups is 1. The number of likely N-dealkylation sites (tertiary alicyclic amines) is 1. The van der Waals surface area contributed by atoms with Crippen molar-refractivity contribution in [2.45, 2.75) is 32.9 Å². The van der Waals surface area contributed by atoms with Crippen LogP contribution in [0.1, 0.15) is 38.5 Å². The number of hydrogen-bond donors (Lipinski definition) is 0. The second-order valence-corrected chi connectivity index (χ2v) is 11.2. The van der Waals surface area contributed by atoms with Crippen LogP contribution in [0.5, 0.6) is 5.75 Å². The van der Waals surface area contributed by atoms with E-state index in [0.29, 0.717) is 12.5 Å². The molecule has 1 aliphatic rings. The Morgan fingerprint density at radius 1 is 1.00 bits per heavy atom. The van der Waals surface area contributed by atoms with Crippen molar-refractivity contribution in [3.05, 3.63) is 99.7 Å². The number of fused-ring (bicyclic) bond motifs is 1. The van der Waals surface area contributed by atoms with Gasteiger partial charge in [0.1, 0.15) is 5.75 Å². The van der Waals surface area contributed by atoms with Gasteiger partial charge in [-0.2, -0.15) is 0 Å². The minimum absolute atomic E-state index is 0.162. The quantitative estimate of drug-likeness (QED) is 0.269. The van der Waals surface area contributed by atoms with Crippen molar-refractivity contribution in [3.63, 3.8) is 0 Å². The number of rotatable bonds is 8. The summed E-state index contributed by atoms with van der Waals surface area (Å²) in [5.74, 6) is 1.43. The average molecular weight is 499 g/mol. The highest BCUT2D eigenvalue weighted by Gasteiger charge is 2.25. The monoisotopic (exact) mass is 498 g/mol. The molecule has 0 unspecified atom stereocenters. The fourth-order valence-electron chi connectivity index (χ4n) is 5.08. The third kappa shape index (κ3) is 5.97. The number of carbonyl (C=O) groups excluding carboxylic acids is 1. The normalized spacial score (nSPS) is 16.0. The second kappa shape index (κ2) is 11.3. The fourth-order valence-corrected chi connectivity index (χ4v) is 5.92. The lowest BCUT2D eigenvalue weighted by molar-refractivity contribution is 0.0638. The summed E-state index contributed by atoms with van der Waals surface area (Å²) in [6.07, 6.45) is 2.14. The molecule has 0 N–H and O–H groups in total. The highest BCUT2D eigenvalue weighted by atomic mass is 32.1. The molecular formula is C31H34N2O2S. The second-order valence-electron chi connectivity index (χ2n) is 9.94. The Kier molecular flexibility index (Phi) is 7.69. The largest absolute Gasteiger partial charge is 0.493 e. The number of thiophene rings is 1. The van der Waals surface area contributed by atoms with E-state index in [-0.39, 0.29) is 5.91 Å². The predicted molar refractivity (Wildman–Crippen MR) is 149 cm³/mol. The molecule has 1 atom stereocenters. The van der Waals surface area contributed by atoms with E-state index in [4.69, 9.17) is 4.74 Å². The first-order valence-electron chi connectivity index (χ1n) is 12.8. The molecule has 1 aliphatic heterocycles. The van der Waals surface area contributed by atoms with E-state index in [0.717, 1.165) is 49.6 Å². The smallest absolute Gasteiger partial charge is 0.263 e. The molecule has 0 aliphatic carbocycles. The van der Waals surface area contributed by atoms with Gasteiger partial charge < -0.3 is 9.64 Å². The zero-order valence-corrected chi connectivity index (χ0v) is 22.0. The van der Waals surface area contributed by atoms with Crippen molar-refractivity contribution in [2.75, 3.05) is 26.7 Å². The molecule has 4 nitrogen and oxygen atoms in total. The van der Waals surface area contributed by atoms with Crippen LogP contribution in [0.15, 0.2) is 78.9 Å². The first kappa shape index (κ1) is 24.5. The van der Waals surface area contributed by atoms with E-state index in [9.17, 15) is 4.79 Å². The molecule has 186 valence electrons. The van der Waals surface area contributed by atoms with Gasteiger partial charge in [0.05, 0.1) is 11.5 Å². The number of nitrogens with zero attached hydrogens (tertiary/aromatic N) is 2. The standard InChI is InChI=1S/C31H34N2O2S/c1-23-12-17-30(36-23)31(34)33-18-6-7-25(20-33)22-35-28-15-13-24(14-16-28)19-32(2)21-27-10-5-9-26-8-3-4-11-29(26)27/h3-5,8-17,25H,6-7,18-22H2,1-2H3/t25-/m1/s1. The average Bonchev–Trinajstić information content (AvgIpc) is 3.34. The molecule has 1 fully saturated rings. The number of ether oxygens (including phenoxy) is 1. The van der Waals surface area contributed by atoms with Gasteiger partial charge in [-0.1, -0.05) is 54.6 Å². The lowest BCUT2D eigenvalue weighted by atomic mass is 9.99. The summed E-state index contributed by atoms with van der Waals surface area (Å²) in [6.45, 7) is 6.09. The number of benzene rings is 3. The Morgan fingerprint density at radius 2 is 1.81 bits per heavy atom. The zero-order chi connectivity index (χ0) is 24.9. The van der Waals surface area contributed by atoms with Crippen LogP contribution in [0.4, 0.5) is 0 Å². The third-order valence-corrected chi connectivity index (χ3v) is 7.93. The van der Waals surface area contributed by atoms with Gasteiger partial charge in [0.25, 0.3) is 5.91 Å². The van der Waals surface area contributed by atoms with Crippen LogP contribution < -0.4 is 4.74 Å². The maximum Gasteiger partial charge on any atom is 0.263 e. The van der Waals surface area contributed by atoms with E-state index in [1.165, 1.54) is 26.8 Å². The molecule has 0 spiro atoms. The van der Waals surface area contributed by atoms with E-state index < -0.39 is 0 Å². The summed E-state index contributed by atoms with van der Waals surface area (Å²) in [7, 11) is 2.17. The van der Waals surface area contributed by atoms with Gasteiger partial charge in [-0.05, 0) is 73.0 Å². The van der Waals surface area contributed by atoms with E-state index >= 15 is 0 Å². The molecule has 1 amide bonds. The van der Waals surface area contributed by atoms with Crippen molar-refractivity contribution in [2.24, 2.45) is 5.92 Å². The van der Waals surface area contributed by atoms with Gasteiger partial charge in [0, 0.05) is 37.0 Å². The Labute approximate surface area is 218 Å². The topological polar surface area (TPSA) is 32.8 Å². The molecule has 2 heterocycles. The number of amides is 1. The molecule has 5 heteroatoms. The van der Waals surface area contributed by atoms with Crippen LogP contribution in [0.2, 0.25) is 0 Å². The molecule has 0 saturated carbocycles. The number of aryl methyl sites for hydroxylation is 1. The molecule has 0 bridgehead atoms. The summed E-state index contributed by atoms with van der Waals surface area (Å²) in [4.78, 5) is 19.2. The first-order valence-corrected chi connectivity index (χ1v) is 13.6. The SMILES string of the molecule is Cc1ccc(C(=O)N2CCC[C@@H](COc3ccc(CN(C)Cc4cccc5ccccc45)cc3)C2)s1. The lowest BCUT2D eigenvalue weighted by Crippen LogP contribution is -2.41. The Balaban J connectivity index is 1.12. The van der Waals surface area contributed by atoms with E-state index in [1.807, 2.05) is 24.0 Å². The molecule has 1 saturated heterocycles. The zero-order valence-electron chi connectivity index (χ0n) is 21.2. The van der Waals surface area contributed by atoms with Gasteiger partial charge in [0.15, 0.2) is 0 Å². The van der Waals surface area contributed by atoms with Gasteiger partial charge >= 0.3 is 0 Å². The van der Waals surface area contributed by atoms with Crippen LogP contribution in [0.25, 0.3) is 10.8 Å². The van der Waals surface area contributed by atoms with Gasteiger partial charge in [0.2, 0.25) is 0 Å². The molecular weight excluding hydrogens is 464 g/mol. The molecule has 5 rings (SSSR count). The first-order chi connectivity index (χ1) is 17.5. The van der Waals surface area contributed by atoms with Gasteiger partial charge in [-0.3, -0.25) is 9.69 Å². The van der Waals surface area contributed by atoms with Crippen molar-refractivity contribution in [1.82, 2.24) is 9.80 Å². The van der Waals surface area contributed by atoms with Crippen molar-refractivity contribution in [3.8, 4) is 5.75 Å². The van der Waals surface area contributed by atoms with Gasteiger partial charge in [-0.25, -0.2) is 0 Å². The maximum absolute atomic E-state index is 12.8. The van der Waals surface area contributed by atoms with Crippen LogP contribution in [0.3, 0.4) is 0 Å². The number of piperidine rings is 1. The van der Waals surface area contributed by atoms with Crippen LogP contribution in [0, 0.1) is 12.8 Å².